The molecule has 1 heterocycles. The predicted octanol–water partition coefficient (Wildman–Crippen LogP) is 2.78. The van der Waals surface area contributed by atoms with E-state index < -0.39 is 0 Å². The first-order chi connectivity index (χ1) is 8.38. The summed E-state index contributed by atoms with van der Waals surface area (Å²) in [5.41, 5.74) is 0. The summed E-state index contributed by atoms with van der Waals surface area (Å²) in [6.07, 6.45) is 13.2. The summed E-state index contributed by atoms with van der Waals surface area (Å²) in [5, 5.41) is 3.62. The van der Waals surface area contributed by atoms with Crippen LogP contribution in [0.2, 0.25) is 0 Å². The van der Waals surface area contributed by atoms with Crippen LogP contribution in [-0.2, 0) is 0 Å². The molecule has 0 amide bonds. The van der Waals surface area contributed by atoms with Gasteiger partial charge in [0.1, 0.15) is 0 Å². The van der Waals surface area contributed by atoms with Gasteiger partial charge in [0.15, 0.2) is 0 Å². The second-order valence-corrected chi connectivity index (χ2v) is 6.48. The van der Waals surface area contributed by atoms with E-state index in [2.05, 4.69) is 17.3 Å². The lowest BCUT2D eigenvalue weighted by Gasteiger charge is -2.40. The second-order valence-electron chi connectivity index (χ2n) is 6.48. The fraction of sp³-hybridized carbons (Fsp3) is 1.00. The van der Waals surface area contributed by atoms with Gasteiger partial charge in [-0.2, -0.15) is 0 Å². The van der Waals surface area contributed by atoms with E-state index in [1.807, 2.05) is 0 Å². The van der Waals surface area contributed by atoms with Crippen LogP contribution in [-0.4, -0.2) is 36.6 Å². The zero-order valence-electron chi connectivity index (χ0n) is 11.3. The molecule has 0 radical (unpaired) electrons. The van der Waals surface area contributed by atoms with Crippen molar-refractivity contribution in [3.63, 3.8) is 0 Å². The lowest BCUT2D eigenvalue weighted by Crippen LogP contribution is -2.52. The highest BCUT2D eigenvalue weighted by atomic mass is 15.2. The van der Waals surface area contributed by atoms with Crippen molar-refractivity contribution in [1.29, 1.82) is 0 Å². The van der Waals surface area contributed by atoms with Crippen LogP contribution >= 0.6 is 0 Å². The molecule has 17 heavy (non-hydrogen) atoms. The Hall–Kier alpha value is -0.0800. The van der Waals surface area contributed by atoms with Crippen LogP contribution in [0, 0.1) is 5.92 Å². The van der Waals surface area contributed by atoms with Crippen LogP contribution in [0.25, 0.3) is 0 Å². The highest BCUT2D eigenvalue weighted by Gasteiger charge is 2.42. The van der Waals surface area contributed by atoms with Crippen molar-refractivity contribution in [3.05, 3.63) is 0 Å². The van der Waals surface area contributed by atoms with Crippen LogP contribution in [0.5, 0.6) is 0 Å². The molecular formula is C15H28N2. The maximum atomic E-state index is 3.62. The van der Waals surface area contributed by atoms with Gasteiger partial charge in [0, 0.05) is 24.7 Å². The van der Waals surface area contributed by atoms with Gasteiger partial charge in [0.2, 0.25) is 0 Å². The maximum Gasteiger partial charge on any atom is 0.0252 e. The first-order valence-electron chi connectivity index (χ1n) is 7.81. The Morgan fingerprint density at radius 3 is 2.41 bits per heavy atom. The third-order valence-electron chi connectivity index (χ3n) is 5.48. The quantitative estimate of drug-likeness (QED) is 0.793. The Kier molecular flexibility index (Phi) is 3.72. The minimum Gasteiger partial charge on any atom is -0.315 e. The summed E-state index contributed by atoms with van der Waals surface area (Å²) in [7, 11) is 2.17. The molecule has 2 bridgehead atoms. The number of likely N-dealkylation sites (tertiary alicyclic amines) is 1. The van der Waals surface area contributed by atoms with Crippen LogP contribution < -0.4 is 5.32 Å². The van der Waals surface area contributed by atoms with Gasteiger partial charge >= 0.3 is 0 Å². The number of likely N-dealkylation sites (N-methyl/N-ethyl adjacent to an activating group) is 1. The lowest BCUT2D eigenvalue weighted by atomic mass is 9.90. The van der Waals surface area contributed by atoms with Gasteiger partial charge in [-0.05, 0) is 45.1 Å². The minimum absolute atomic E-state index is 0.759. The molecule has 3 fully saturated rings. The Bertz CT molecular complexity index is 253. The summed E-state index contributed by atoms with van der Waals surface area (Å²) in [6.45, 7) is 1.41. The summed E-state index contributed by atoms with van der Waals surface area (Å²) < 4.78 is 0. The molecule has 0 aromatic heterocycles. The third-order valence-corrected chi connectivity index (χ3v) is 5.48. The lowest BCUT2D eigenvalue weighted by molar-refractivity contribution is 0.102. The zero-order valence-corrected chi connectivity index (χ0v) is 11.3. The molecule has 4 unspecified atom stereocenters. The number of hydrogen-bond acceptors (Lipinski definition) is 2. The van der Waals surface area contributed by atoms with E-state index in [0.29, 0.717) is 0 Å². The normalized spacial score (nSPS) is 43.6. The predicted molar refractivity (Wildman–Crippen MR) is 72.2 cm³/mol. The Labute approximate surface area is 106 Å². The molecule has 3 rings (SSSR count). The Balaban J connectivity index is 1.68. The average molecular weight is 236 g/mol. The number of piperidine rings is 1. The maximum absolute atomic E-state index is 3.62. The molecule has 1 saturated heterocycles. The van der Waals surface area contributed by atoms with Crippen LogP contribution in [0.15, 0.2) is 0 Å². The molecule has 2 heteroatoms. The van der Waals surface area contributed by atoms with Crippen molar-refractivity contribution in [2.75, 3.05) is 13.6 Å². The molecule has 4 atom stereocenters. The second kappa shape index (κ2) is 5.27. The average Bonchev–Trinajstić information content (AvgIpc) is 2.91. The molecule has 2 saturated carbocycles. The molecule has 0 spiro atoms. The number of fused-ring (bicyclic) bond motifs is 2. The van der Waals surface area contributed by atoms with Gasteiger partial charge in [-0.15, -0.1) is 0 Å². The number of nitrogens with one attached hydrogen (secondary N) is 1. The van der Waals surface area contributed by atoms with Gasteiger partial charge < -0.3 is 5.32 Å². The molecule has 3 aliphatic rings. The Morgan fingerprint density at radius 1 is 0.941 bits per heavy atom. The monoisotopic (exact) mass is 236 g/mol. The van der Waals surface area contributed by atoms with Crippen LogP contribution in [0.4, 0.5) is 0 Å². The van der Waals surface area contributed by atoms with E-state index >= 15 is 0 Å². The summed E-state index contributed by atoms with van der Waals surface area (Å²) in [4.78, 5) is 2.89. The van der Waals surface area contributed by atoms with Crippen molar-refractivity contribution in [2.24, 2.45) is 5.92 Å². The van der Waals surface area contributed by atoms with Gasteiger partial charge in [0.05, 0.1) is 0 Å². The van der Waals surface area contributed by atoms with Crippen molar-refractivity contribution in [1.82, 2.24) is 10.2 Å². The van der Waals surface area contributed by atoms with Gasteiger partial charge in [-0.3, -0.25) is 4.90 Å². The van der Waals surface area contributed by atoms with E-state index in [-0.39, 0.29) is 0 Å². The van der Waals surface area contributed by atoms with Crippen molar-refractivity contribution >= 4 is 0 Å². The molecule has 2 nitrogen and oxygen atoms in total. The van der Waals surface area contributed by atoms with E-state index in [4.69, 9.17) is 0 Å². The highest BCUT2D eigenvalue weighted by molar-refractivity contribution is 4.98. The van der Waals surface area contributed by atoms with Crippen molar-refractivity contribution < 1.29 is 0 Å². The first-order valence-corrected chi connectivity index (χ1v) is 7.81. The standard InChI is InChI=1S/C15H28N2/c1-16-14-6-4-2-3-5-7-15(14)17-11-12-8-9-13(17)10-12/h12-16H,2-11H2,1H3. The van der Waals surface area contributed by atoms with Crippen LogP contribution in [0.1, 0.15) is 57.8 Å². The van der Waals surface area contributed by atoms with E-state index in [9.17, 15) is 0 Å². The molecule has 0 aromatic rings. The summed E-state index contributed by atoms with van der Waals surface area (Å²) in [6, 6.07) is 2.55. The fourth-order valence-electron chi connectivity index (χ4n) is 4.57. The summed E-state index contributed by atoms with van der Waals surface area (Å²) in [5.74, 6) is 1.04. The first kappa shape index (κ1) is 12.0. The number of hydrogen-bond donors (Lipinski definition) is 1. The van der Waals surface area contributed by atoms with E-state index in [1.54, 1.807) is 0 Å². The molecular weight excluding hydrogens is 208 g/mol. The zero-order chi connectivity index (χ0) is 11.7. The largest absolute Gasteiger partial charge is 0.315 e. The topological polar surface area (TPSA) is 15.3 Å². The fourth-order valence-corrected chi connectivity index (χ4v) is 4.57. The van der Waals surface area contributed by atoms with Gasteiger partial charge in [0.25, 0.3) is 0 Å². The minimum atomic E-state index is 0.759. The van der Waals surface area contributed by atoms with E-state index in [1.165, 1.54) is 64.3 Å². The molecule has 1 aliphatic heterocycles. The van der Waals surface area contributed by atoms with Gasteiger partial charge in [-0.1, -0.05) is 25.7 Å². The van der Waals surface area contributed by atoms with Crippen molar-refractivity contribution in [3.8, 4) is 0 Å². The smallest absolute Gasteiger partial charge is 0.0252 e. The molecule has 2 aliphatic carbocycles. The number of nitrogens with zero attached hydrogens (tertiary/aromatic N) is 1. The van der Waals surface area contributed by atoms with Gasteiger partial charge in [-0.25, -0.2) is 0 Å². The molecule has 98 valence electrons. The van der Waals surface area contributed by atoms with Crippen LogP contribution in [0.3, 0.4) is 0 Å². The highest BCUT2D eigenvalue weighted by Crippen LogP contribution is 2.40. The summed E-state index contributed by atoms with van der Waals surface area (Å²) >= 11 is 0. The number of rotatable bonds is 2. The molecule has 1 N–H and O–H groups in total. The third kappa shape index (κ3) is 2.39. The Morgan fingerprint density at radius 2 is 1.76 bits per heavy atom. The van der Waals surface area contributed by atoms with Crippen molar-refractivity contribution in [2.45, 2.75) is 75.9 Å². The molecule has 0 aromatic carbocycles. The SMILES string of the molecule is CNC1CCCCCCC1N1CC2CCC1C2. The van der Waals surface area contributed by atoms with E-state index in [0.717, 1.165) is 24.0 Å².